The van der Waals surface area contributed by atoms with Gasteiger partial charge >= 0.3 is 17.9 Å². The first-order valence-electron chi connectivity index (χ1n) is 14.3. The number of aryl methyl sites for hydroxylation is 1. The molecular formula is C31H34ClF2N4O5+. The van der Waals surface area contributed by atoms with Crippen molar-refractivity contribution in [3.8, 4) is 0 Å². The summed E-state index contributed by atoms with van der Waals surface area (Å²) in [5, 5.41) is 6.21. The van der Waals surface area contributed by atoms with E-state index in [1.807, 2.05) is 35.9 Å². The van der Waals surface area contributed by atoms with Gasteiger partial charge in [-0.1, -0.05) is 35.9 Å². The third-order valence-electron chi connectivity index (χ3n) is 8.67. The summed E-state index contributed by atoms with van der Waals surface area (Å²) >= 11 is 6.40. The number of fused-ring (bicyclic) bond motifs is 1. The molecule has 2 N–H and O–H groups in total. The Kier molecular flexibility index (Phi) is 8.84. The van der Waals surface area contributed by atoms with E-state index in [4.69, 9.17) is 16.3 Å². The first kappa shape index (κ1) is 30.6. The highest BCUT2D eigenvalue weighted by atomic mass is 35.5. The van der Waals surface area contributed by atoms with E-state index in [0.29, 0.717) is 31.2 Å². The first-order chi connectivity index (χ1) is 20.6. The van der Waals surface area contributed by atoms with Crippen LogP contribution in [0.4, 0.5) is 19.3 Å². The highest BCUT2D eigenvalue weighted by Crippen LogP contribution is 2.37. The van der Waals surface area contributed by atoms with Crippen molar-refractivity contribution in [3.05, 3.63) is 64.8 Å². The molecule has 0 radical (unpaired) electrons. The van der Waals surface area contributed by atoms with E-state index >= 15 is 8.78 Å². The van der Waals surface area contributed by atoms with Crippen LogP contribution in [0.15, 0.2) is 48.7 Å². The number of carbonyl (C=O) groups is 4. The standard InChI is InChI=1S/C31H33ClF2N4O5/c1-37-17-22(21-6-3-4-7-25(21)37)28(39)36-24-14-11-19(16-23(24)32)27(34)29(40)38(15-5-8-26(38)33)31(42)35-20-12-9-18(10-13-20)30(41)43-2/h3-4,6-7,11,14,16-18,20,26-27H,5,8-10,12-13,15H2,1-2H3,(H-,35,36,39,42)/p+1. The Balaban J connectivity index is 1.30. The number of hydrogen-bond donors (Lipinski definition) is 2. The lowest BCUT2D eigenvalue weighted by atomic mass is 9.86. The van der Waals surface area contributed by atoms with Crippen molar-refractivity contribution in [3.63, 3.8) is 0 Å². The summed E-state index contributed by atoms with van der Waals surface area (Å²) in [7, 11) is 3.15. The average molecular weight is 616 g/mol. The number of nitrogens with zero attached hydrogens (tertiary/aromatic N) is 2. The summed E-state index contributed by atoms with van der Waals surface area (Å²) in [4.78, 5) is 51.9. The number of anilines is 1. The minimum Gasteiger partial charge on any atom is -0.469 e. The molecular weight excluding hydrogens is 582 g/mol. The molecule has 1 aromatic heterocycles. The zero-order chi connectivity index (χ0) is 30.9. The van der Waals surface area contributed by atoms with E-state index in [1.54, 1.807) is 6.20 Å². The fourth-order valence-corrected chi connectivity index (χ4v) is 6.46. The monoisotopic (exact) mass is 615 g/mol. The predicted molar refractivity (Wildman–Crippen MR) is 157 cm³/mol. The molecule has 0 spiro atoms. The van der Waals surface area contributed by atoms with Crippen molar-refractivity contribution in [2.24, 2.45) is 13.0 Å². The van der Waals surface area contributed by atoms with E-state index in [2.05, 4.69) is 10.6 Å². The normalized spacial score (nSPS) is 24.3. The molecule has 0 bridgehead atoms. The number of aromatic nitrogens is 1. The number of imide groups is 1. The Hall–Kier alpha value is -3.83. The van der Waals surface area contributed by atoms with Crippen LogP contribution in [-0.4, -0.2) is 58.9 Å². The maximum absolute atomic E-state index is 15.8. The number of amides is 4. The molecule has 2 heterocycles. The largest absolute Gasteiger partial charge is 0.469 e. The van der Waals surface area contributed by atoms with Gasteiger partial charge in [0, 0.05) is 48.6 Å². The number of benzene rings is 2. The van der Waals surface area contributed by atoms with Crippen LogP contribution in [-0.2, 0) is 21.4 Å². The number of methoxy groups -OCH3 is 1. The Labute approximate surface area is 252 Å². The van der Waals surface area contributed by atoms with Gasteiger partial charge in [-0.25, -0.2) is 14.0 Å². The Morgan fingerprint density at radius 1 is 1.07 bits per heavy atom. The van der Waals surface area contributed by atoms with Crippen LogP contribution in [0, 0.1) is 5.92 Å². The smallest absolute Gasteiger partial charge is 0.426 e. The zero-order valence-electron chi connectivity index (χ0n) is 23.9. The fourth-order valence-electron chi connectivity index (χ4n) is 6.22. The quantitative estimate of drug-likeness (QED) is 0.202. The van der Waals surface area contributed by atoms with E-state index in [9.17, 15) is 19.2 Å². The van der Waals surface area contributed by atoms with Gasteiger partial charge in [-0.3, -0.25) is 9.59 Å². The van der Waals surface area contributed by atoms with Crippen molar-refractivity contribution in [1.29, 1.82) is 0 Å². The minimum atomic E-state index is -2.34. The number of likely N-dealkylation sites (tertiary alicyclic amines) is 1. The van der Waals surface area contributed by atoms with E-state index < -0.39 is 34.8 Å². The van der Waals surface area contributed by atoms with Gasteiger partial charge in [-0.2, -0.15) is 4.39 Å². The van der Waals surface area contributed by atoms with Crippen LogP contribution in [0.2, 0.25) is 5.02 Å². The van der Waals surface area contributed by atoms with Crippen LogP contribution in [0.1, 0.15) is 60.6 Å². The highest BCUT2D eigenvalue weighted by molar-refractivity contribution is 6.34. The summed E-state index contributed by atoms with van der Waals surface area (Å²) < 4.78 is 36.5. The van der Waals surface area contributed by atoms with E-state index in [1.165, 1.54) is 25.3 Å². The molecule has 1 aliphatic heterocycles. The molecule has 228 valence electrons. The number of hydrogen-bond acceptors (Lipinski definition) is 5. The van der Waals surface area contributed by atoms with Gasteiger partial charge in [-0.15, -0.1) is 4.48 Å². The van der Waals surface area contributed by atoms with Gasteiger partial charge in [0.15, 0.2) is 0 Å². The number of rotatable bonds is 6. The molecule has 1 saturated heterocycles. The summed E-state index contributed by atoms with van der Waals surface area (Å²) in [6.45, 7) is -0.170. The molecule has 4 amide bonds. The van der Waals surface area contributed by atoms with Gasteiger partial charge in [-0.05, 0) is 43.9 Å². The molecule has 1 saturated carbocycles. The lowest BCUT2D eigenvalue weighted by molar-refractivity contribution is -0.806. The second-order valence-corrected chi connectivity index (χ2v) is 11.7. The molecule has 1 aliphatic carbocycles. The minimum absolute atomic E-state index is 0.0156. The Morgan fingerprint density at radius 2 is 1.79 bits per heavy atom. The van der Waals surface area contributed by atoms with Crippen molar-refractivity contribution in [1.82, 2.24) is 9.88 Å². The van der Waals surface area contributed by atoms with Crippen molar-refractivity contribution in [2.45, 2.75) is 57.0 Å². The number of alkyl halides is 2. The number of halogens is 3. The van der Waals surface area contributed by atoms with Crippen LogP contribution in [0.3, 0.4) is 0 Å². The van der Waals surface area contributed by atoms with Crippen LogP contribution >= 0.6 is 11.6 Å². The van der Waals surface area contributed by atoms with Crippen LogP contribution in [0.5, 0.6) is 0 Å². The molecule has 2 aliphatic rings. The first-order valence-corrected chi connectivity index (χ1v) is 14.7. The van der Waals surface area contributed by atoms with Crippen molar-refractivity contribution in [2.75, 3.05) is 19.0 Å². The number of ether oxygens (including phenoxy) is 1. The van der Waals surface area contributed by atoms with E-state index in [-0.39, 0.29) is 53.6 Å². The molecule has 3 aromatic rings. The average Bonchev–Trinajstić information content (AvgIpc) is 3.57. The molecule has 3 unspecified atom stereocenters. The Bertz CT molecular complexity index is 1570. The van der Waals surface area contributed by atoms with Crippen LogP contribution in [0.25, 0.3) is 10.9 Å². The second-order valence-electron chi connectivity index (χ2n) is 11.3. The molecule has 43 heavy (non-hydrogen) atoms. The third kappa shape index (κ3) is 5.75. The SMILES string of the molecule is COC(=O)C1CCC(NC(=O)[N+]2(C(=O)C(F)c3ccc(NC(=O)c4cn(C)c5ccccc45)c(Cl)c3)CCCC2F)CC1. The molecule has 12 heteroatoms. The zero-order valence-corrected chi connectivity index (χ0v) is 24.7. The summed E-state index contributed by atoms with van der Waals surface area (Å²) in [6.07, 6.45) is -0.474. The summed E-state index contributed by atoms with van der Waals surface area (Å²) in [5.74, 6) is -2.22. The maximum atomic E-state index is 15.8. The number of nitrogens with one attached hydrogen (secondary N) is 2. The molecule has 9 nitrogen and oxygen atoms in total. The number of esters is 1. The molecule has 5 rings (SSSR count). The lowest BCUT2D eigenvalue weighted by Crippen LogP contribution is -2.64. The lowest BCUT2D eigenvalue weighted by Gasteiger charge is -2.34. The highest BCUT2D eigenvalue weighted by Gasteiger charge is 2.58. The second kappa shape index (κ2) is 12.4. The summed E-state index contributed by atoms with van der Waals surface area (Å²) in [5.41, 5.74) is 1.35. The number of urea groups is 1. The van der Waals surface area contributed by atoms with Gasteiger partial charge in [0.1, 0.15) is 0 Å². The molecule has 3 atom stereocenters. The van der Waals surface area contributed by atoms with E-state index in [0.717, 1.165) is 10.9 Å². The number of quaternary nitrogens is 1. The molecule has 2 fully saturated rings. The fraction of sp³-hybridized carbons (Fsp3) is 0.419. The third-order valence-corrected chi connectivity index (χ3v) is 8.98. The van der Waals surface area contributed by atoms with Gasteiger partial charge < -0.3 is 19.9 Å². The summed E-state index contributed by atoms with van der Waals surface area (Å²) in [6, 6.07) is 10.0. The van der Waals surface area contributed by atoms with Crippen molar-refractivity contribution >= 4 is 52.0 Å². The number of carbonyl (C=O) groups excluding carboxylic acids is 4. The number of para-hydroxylation sites is 1. The topological polar surface area (TPSA) is 106 Å². The van der Waals surface area contributed by atoms with Gasteiger partial charge in [0.25, 0.3) is 5.91 Å². The molecule has 2 aromatic carbocycles. The van der Waals surface area contributed by atoms with Crippen molar-refractivity contribution < 1.29 is 37.2 Å². The van der Waals surface area contributed by atoms with Gasteiger partial charge in [0.05, 0.1) is 35.8 Å². The predicted octanol–water partition coefficient (Wildman–Crippen LogP) is 5.97. The Morgan fingerprint density at radius 3 is 2.44 bits per heavy atom. The maximum Gasteiger partial charge on any atom is 0.426 e. The van der Waals surface area contributed by atoms with Crippen LogP contribution < -0.4 is 10.6 Å². The van der Waals surface area contributed by atoms with Gasteiger partial charge in [0.2, 0.25) is 12.5 Å².